The Bertz CT molecular complexity index is 1510. The highest BCUT2D eigenvalue weighted by Crippen LogP contribution is 2.29. The van der Waals surface area contributed by atoms with E-state index in [4.69, 9.17) is 18.7 Å². The number of hydrogen-bond acceptors (Lipinski definition) is 10. The second kappa shape index (κ2) is 19.5. The summed E-state index contributed by atoms with van der Waals surface area (Å²) in [6.45, 7) is 3.55. The van der Waals surface area contributed by atoms with Crippen molar-refractivity contribution in [2.75, 3.05) is 27.5 Å². The minimum Gasteiger partial charge on any atom is -0.482 e. The summed E-state index contributed by atoms with van der Waals surface area (Å²) in [5.74, 6) is -2.38. The van der Waals surface area contributed by atoms with E-state index in [1.54, 1.807) is 0 Å². The number of carbonyl (C=O) groups is 5. The number of methoxy groups -OCH3 is 2. The Balaban J connectivity index is 1.67. The molecule has 13 nitrogen and oxygen atoms in total. The molecule has 2 N–H and O–H groups in total. The number of hydrogen-bond donors (Lipinski definition) is 2. The molecule has 0 fully saturated rings. The van der Waals surface area contributed by atoms with E-state index in [-0.39, 0.29) is 48.6 Å². The first-order chi connectivity index (χ1) is 23.2. The van der Waals surface area contributed by atoms with Gasteiger partial charge >= 0.3 is 11.9 Å². The molecule has 258 valence electrons. The molecule has 1 aromatic heterocycles. The van der Waals surface area contributed by atoms with Crippen molar-refractivity contribution in [3.05, 3.63) is 77.6 Å². The van der Waals surface area contributed by atoms with Gasteiger partial charge in [-0.05, 0) is 48.7 Å². The maximum absolute atomic E-state index is 13.4. The summed E-state index contributed by atoms with van der Waals surface area (Å²) in [4.78, 5) is 68.0. The van der Waals surface area contributed by atoms with Gasteiger partial charge in [0.25, 0.3) is 5.91 Å². The summed E-state index contributed by atoms with van der Waals surface area (Å²) >= 11 is 0. The first kappa shape index (κ1) is 37.3. The van der Waals surface area contributed by atoms with Crippen molar-refractivity contribution in [3.8, 4) is 17.1 Å². The summed E-state index contributed by atoms with van der Waals surface area (Å²) < 4.78 is 20.6. The predicted molar refractivity (Wildman–Crippen MR) is 174 cm³/mol. The van der Waals surface area contributed by atoms with Crippen LogP contribution in [0.2, 0.25) is 0 Å². The third kappa shape index (κ3) is 11.0. The number of hydroxylamine groups is 2. The number of carbonyl (C=O) groups excluding carboxylic acids is 5. The quantitative estimate of drug-likeness (QED) is 0.0571. The van der Waals surface area contributed by atoms with Gasteiger partial charge in [-0.15, -0.1) is 0 Å². The summed E-state index contributed by atoms with van der Waals surface area (Å²) in [6, 6.07) is 16.3. The van der Waals surface area contributed by atoms with Gasteiger partial charge in [-0.1, -0.05) is 63.4 Å². The van der Waals surface area contributed by atoms with Crippen molar-refractivity contribution in [3.63, 3.8) is 0 Å². The van der Waals surface area contributed by atoms with Crippen LogP contribution in [0.25, 0.3) is 11.3 Å². The fourth-order valence-corrected chi connectivity index (χ4v) is 4.99. The zero-order valence-electron chi connectivity index (χ0n) is 27.7. The van der Waals surface area contributed by atoms with Crippen molar-refractivity contribution < 1.29 is 47.4 Å². The lowest BCUT2D eigenvalue weighted by molar-refractivity contribution is -0.200. The molecule has 0 aliphatic carbocycles. The third-order valence-electron chi connectivity index (χ3n) is 7.53. The SMILES string of the molecule is CCCCCC(C(=O)NCNC(=O)c1ccc(-c2cc(OCC(=O)OC)cc(C(=O)OC)c2)o1)[C@@H](CC)N(C=O)OCc1ccccc1. The lowest BCUT2D eigenvalue weighted by atomic mass is 9.90. The van der Waals surface area contributed by atoms with Gasteiger partial charge in [-0.3, -0.25) is 19.2 Å². The van der Waals surface area contributed by atoms with Gasteiger partial charge < -0.3 is 29.3 Å². The van der Waals surface area contributed by atoms with E-state index in [0.717, 1.165) is 24.8 Å². The molecule has 0 spiro atoms. The Morgan fingerprint density at radius 2 is 1.71 bits per heavy atom. The van der Waals surface area contributed by atoms with Crippen LogP contribution in [0.5, 0.6) is 5.75 Å². The summed E-state index contributed by atoms with van der Waals surface area (Å²) in [5, 5.41) is 6.60. The zero-order valence-corrected chi connectivity index (χ0v) is 27.7. The predicted octanol–water partition coefficient (Wildman–Crippen LogP) is 4.65. The van der Waals surface area contributed by atoms with E-state index in [2.05, 4.69) is 22.3 Å². The minimum absolute atomic E-state index is 0.0490. The van der Waals surface area contributed by atoms with E-state index in [0.29, 0.717) is 24.8 Å². The Hall–Kier alpha value is -5.17. The highest BCUT2D eigenvalue weighted by Gasteiger charge is 2.32. The number of benzene rings is 2. The van der Waals surface area contributed by atoms with Crippen LogP contribution in [0, 0.1) is 5.92 Å². The Kier molecular flexibility index (Phi) is 15.1. The number of esters is 2. The fourth-order valence-electron chi connectivity index (χ4n) is 4.99. The van der Waals surface area contributed by atoms with Crippen molar-refractivity contribution in [1.82, 2.24) is 15.7 Å². The molecule has 48 heavy (non-hydrogen) atoms. The van der Waals surface area contributed by atoms with Gasteiger partial charge in [0, 0.05) is 5.56 Å². The van der Waals surface area contributed by atoms with Crippen molar-refractivity contribution in [2.24, 2.45) is 5.92 Å². The van der Waals surface area contributed by atoms with E-state index < -0.39 is 29.8 Å². The van der Waals surface area contributed by atoms with Gasteiger partial charge in [-0.25, -0.2) is 14.7 Å². The Morgan fingerprint density at radius 1 is 0.938 bits per heavy atom. The van der Waals surface area contributed by atoms with E-state index in [1.807, 2.05) is 37.3 Å². The minimum atomic E-state index is -0.641. The van der Waals surface area contributed by atoms with Crippen LogP contribution in [0.4, 0.5) is 0 Å². The van der Waals surface area contributed by atoms with Crippen molar-refractivity contribution in [2.45, 2.75) is 58.6 Å². The number of unbranched alkanes of at least 4 members (excludes halogenated alkanes) is 2. The molecule has 1 unspecified atom stereocenters. The van der Waals surface area contributed by atoms with Crippen LogP contribution in [0.15, 0.2) is 65.1 Å². The topological polar surface area (TPSA) is 163 Å². The fraction of sp³-hybridized carbons (Fsp3) is 0.400. The molecule has 2 atom stereocenters. The summed E-state index contributed by atoms with van der Waals surface area (Å²) in [5.41, 5.74) is 1.41. The largest absolute Gasteiger partial charge is 0.482 e. The molecule has 0 saturated heterocycles. The molecule has 0 bridgehead atoms. The average Bonchev–Trinajstić information content (AvgIpc) is 3.62. The maximum Gasteiger partial charge on any atom is 0.343 e. The molecule has 1 heterocycles. The number of nitrogens with zero attached hydrogens (tertiary/aromatic N) is 1. The number of amides is 3. The summed E-state index contributed by atoms with van der Waals surface area (Å²) in [6.07, 6.45) is 4.27. The molecule has 0 radical (unpaired) electrons. The van der Waals surface area contributed by atoms with Crippen LogP contribution in [0.3, 0.4) is 0 Å². The van der Waals surface area contributed by atoms with Gasteiger partial charge in [0.1, 0.15) is 18.1 Å². The number of rotatable bonds is 20. The normalized spacial score (nSPS) is 11.9. The van der Waals surface area contributed by atoms with Gasteiger partial charge in [-0.2, -0.15) is 0 Å². The molecule has 0 aliphatic rings. The van der Waals surface area contributed by atoms with Gasteiger partial charge in [0.05, 0.1) is 38.4 Å². The first-order valence-corrected chi connectivity index (χ1v) is 15.7. The van der Waals surface area contributed by atoms with Crippen LogP contribution in [0.1, 0.15) is 72.4 Å². The first-order valence-electron chi connectivity index (χ1n) is 15.7. The third-order valence-corrected chi connectivity index (χ3v) is 7.53. The monoisotopic (exact) mass is 665 g/mol. The Labute approximate surface area is 279 Å². The lowest BCUT2D eigenvalue weighted by Gasteiger charge is -2.32. The number of furan rings is 1. The second-order valence-electron chi connectivity index (χ2n) is 10.8. The molecule has 3 rings (SSSR count). The van der Waals surface area contributed by atoms with Crippen molar-refractivity contribution >= 4 is 30.2 Å². The van der Waals surface area contributed by atoms with Crippen molar-refractivity contribution in [1.29, 1.82) is 0 Å². The number of ether oxygens (including phenoxy) is 3. The Morgan fingerprint density at radius 3 is 2.38 bits per heavy atom. The molecular weight excluding hydrogens is 622 g/mol. The second-order valence-corrected chi connectivity index (χ2v) is 10.8. The molecular formula is C35H43N3O10. The number of nitrogens with one attached hydrogen (secondary N) is 2. The van der Waals surface area contributed by atoms with Crippen LogP contribution < -0.4 is 15.4 Å². The zero-order chi connectivity index (χ0) is 34.9. The lowest BCUT2D eigenvalue weighted by Crippen LogP contribution is -2.48. The molecule has 0 aliphatic heterocycles. The average molecular weight is 666 g/mol. The van der Waals surface area contributed by atoms with E-state index in [9.17, 15) is 24.0 Å². The summed E-state index contributed by atoms with van der Waals surface area (Å²) in [7, 11) is 2.45. The molecule has 3 amide bonds. The molecule has 13 heteroatoms. The highest BCUT2D eigenvalue weighted by molar-refractivity contribution is 5.93. The van der Waals surface area contributed by atoms with Crippen LogP contribution in [-0.2, 0) is 35.3 Å². The maximum atomic E-state index is 13.4. The van der Waals surface area contributed by atoms with Crippen LogP contribution in [-0.4, -0.2) is 68.8 Å². The highest BCUT2D eigenvalue weighted by atomic mass is 16.7. The molecule has 3 aromatic rings. The molecule has 2 aromatic carbocycles. The molecule has 0 saturated carbocycles. The van der Waals surface area contributed by atoms with Crippen LogP contribution >= 0.6 is 0 Å². The van der Waals surface area contributed by atoms with Gasteiger partial charge in [0.15, 0.2) is 12.4 Å². The van der Waals surface area contributed by atoms with Gasteiger partial charge in [0.2, 0.25) is 12.3 Å². The smallest absolute Gasteiger partial charge is 0.343 e. The van der Waals surface area contributed by atoms with E-state index >= 15 is 0 Å². The standard InChI is InChI=1S/C35H43N3O10/c1-5-7-9-14-28(29(6-2)38(23-39)47-20-24-12-10-8-11-13-24)33(41)36-22-37-34(42)31-16-15-30(48-31)25-17-26(35(43)45-4)19-27(18-25)46-21-32(40)44-3/h8,10-13,15-19,23,28-29H,5-7,9,14,20-22H2,1-4H3,(H,36,41)(H,37,42)/t28?,29-/m1/s1. The van der Waals surface area contributed by atoms with E-state index in [1.165, 1.54) is 49.6 Å².